The molecule has 1 aromatic carbocycles. The maximum absolute atomic E-state index is 11.8. The van der Waals surface area contributed by atoms with Gasteiger partial charge in [0.15, 0.2) is 0 Å². The molecule has 19 heavy (non-hydrogen) atoms. The summed E-state index contributed by atoms with van der Waals surface area (Å²) in [6, 6.07) is 5.12. The third-order valence-corrected chi connectivity index (χ3v) is 3.40. The first-order chi connectivity index (χ1) is 9.00. The van der Waals surface area contributed by atoms with Gasteiger partial charge in [-0.25, -0.2) is 0 Å². The molecule has 0 radical (unpaired) electrons. The summed E-state index contributed by atoms with van der Waals surface area (Å²) in [7, 11) is 0. The van der Waals surface area contributed by atoms with Crippen LogP contribution in [-0.4, -0.2) is 21.1 Å². The third kappa shape index (κ3) is 2.91. The Balaban J connectivity index is 2.50. The van der Waals surface area contributed by atoms with Crippen molar-refractivity contribution in [2.45, 2.75) is 6.92 Å². The van der Waals surface area contributed by atoms with Crippen molar-refractivity contribution in [1.29, 1.82) is 0 Å². The molecule has 98 valence electrons. The molecule has 0 bridgehead atoms. The zero-order valence-corrected chi connectivity index (χ0v) is 12.1. The van der Waals surface area contributed by atoms with Crippen LogP contribution in [0.1, 0.15) is 11.3 Å². The molecular formula is C11H8Cl2N4OS. The molecule has 1 aromatic heterocycles. The second kappa shape index (κ2) is 5.64. The van der Waals surface area contributed by atoms with E-state index >= 15 is 0 Å². The summed E-state index contributed by atoms with van der Waals surface area (Å²) in [4.78, 5) is 11.8. The summed E-state index contributed by atoms with van der Waals surface area (Å²) in [5, 5.41) is 11.0. The lowest BCUT2D eigenvalue weighted by Crippen LogP contribution is -2.22. The summed E-state index contributed by atoms with van der Waals surface area (Å²) in [6.45, 7) is 1.56. The molecule has 0 amide bonds. The van der Waals surface area contributed by atoms with E-state index in [0.717, 1.165) is 4.68 Å². The highest BCUT2D eigenvalue weighted by atomic mass is 35.5. The number of H-pyrrole nitrogens is 1. The number of rotatable bonds is 2. The summed E-state index contributed by atoms with van der Waals surface area (Å²) >= 11 is 16.8. The van der Waals surface area contributed by atoms with E-state index < -0.39 is 5.56 Å². The molecule has 5 nitrogen and oxygen atoms in total. The Bertz CT molecular complexity index is 766. The average Bonchev–Trinajstić information content (AvgIpc) is 2.39. The van der Waals surface area contributed by atoms with Gasteiger partial charge in [-0.15, -0.1) is 0 Å². The van der Waals surface area contributed by atoms with Crippen molar-refractivity contribution in [2.75, 3.05) is 0 Å². The van der Waals surface area contributed by atoms with Crippen molar-refractivity contribution in [3.63, 3.8) is 0 Å². The zero-order chi connectivity index (χ0) is 14.0. The van der Waals surface area contributed by atoms with Crippen LogP contribution in [0.2, 0.25) is 10.0 Å². The lowest BCUT2D eigenvalue weighted by atomic mass is 10.2. The molecule has 0 saturated heterocycles. The molecule has 0 spiro atoms. The van der Waals surface area contributed by atoms with Crippen LogP contribution >= 0.6 is 35.4 Å². The fraction of sp³-hybridized carbons (Fsp3) is 0.0909. The van der Waals surface area contributed by atoms with Crippen LogP contribution in [0.3, 0.4) is 0 Å². The molecule has 0 aliphatic carbocycles. The molecule has 1 heterocycles. The van der Waals surface area contributed by atoms with Gasteiger partial charge in [0.05, 0.1) is 16.3 Å². The highest BCUT2D eigenvalue weighted by Gasteiger charge is 2.03. The van der Waals surface area contributed by atoms with Crippen molar-refractivity contribution >= 4 is 41.6 Å². The molecule has 0 fully saturated rings. The molecule has 2 rings (SSSR count). The maximum Gasteiger partial charge on any atom is 0.296 e. The van der Waals surface area contributed by atoms with E-state index in [9.17, 15) is 4.79 Å². The van der Waals surface area contributed by atoms with Gasteiger partial charge in [-0.1, -0.05) is 35.3 Å². The molecule has 0 aliphatic heterocycles. The Morgan fingerprint density at radius 1 is 1.47 bits per heavy atom. The van der Waals surface area contributed by atoms with Crippen molar-refractivity contribution in [1.82, 2.24) is 14.9 Å². The normalized spacial score (nSPS) is 11.1. The number of aryl methyl sites for hydroxylation is 1. The molecule has 2 aromatic rings. The number of nitrogens with zero attached hydrogens (tertiary/aromatic N) is 3. The quantitative estimate of drug-likeness (QED) is 0.685. The van der Waals surface area contributed by atoms with Gasteiger partial charge in [-0.05, 0) is 25.2 Å². The van der Waals surface area contributed by atoms with Gasteiger partial charge < -0.3 is 0 Å². The number of nitrogens with one attached hydrogen (secondary N) is 1. The van der Waals surface area contributed by atoms with Gasteiger partial charge in [0, 0.05) is 5.56 Å². The second-order valence-electron chi connectivity index (χ2n) is 3.62. The van der Waals surface area contributed by atoms with Gasteiger partial charge in [-0.3, -0.25) is 9.89 Å². The summed E-state index contributed by atoms with van der Waals surface area (Å²) < 4.78 is 1.14. The van der Waals surface area contributed by atoms with Crippen LogP contribution < -0.4 is 5.56 Å². The minimum absolute atomic E-state index is 0.102. The molecule has 8 heteroatoms. The van der Waals surface area contributed by atoms with E-state index in [1.165, 1.54) is 6.21 Å². The van der Waals surface area contributed by atoms with Gasteiger partial charge >= 0.3 is 0 Å². The van der Waals surface area contributed by atoms with Crippen LogP contribution in [0.15, 0.2) is 28.1 Å². The van der Waals surface area contributed by atoms with E-state index in [0.29, 0.717) is 15.6 Å². The van der Waals surface area contributed by atoms with E-state index in [2.05, 4.69) is 15.3 Å². The first-order valence-electron chi connectivity index (χ1n) is 5.17. The fourth-order valence-corrected chi connectivity index (χ4v) is 1.85. The summed E-state index contributed by atoms with van der Waals surface area (Å²) in [6.07, 6.45) is 1.42. The lowest BCUT2D eigenvalue weighted by molar-refractivity contribution is 0.720. The van der Waals surface area contributed by atoms with Crippen LogP contribution in [0.4, 0.5) is 0 Å². The van der Waals surface area contributed by atoms with Gasteiger partial charge in [0.25, 0.3) is 5.56 Å². The number of hydrogen-bond donors (Lipinski definition) is 1. The predicted molar refractivity (Wildman–Crippen MR) is 77.9 cm³/mol. The van der Waals surface area contributed by atoms with Gasteiger partial charge in [0.2, 0.25) is 4.77 Å². The fourth-order valence-electron chi connectivity index (χ4n) is 1.32. The van der Waals surface area contributed by atoms with Crippen LogP contribution in [0.25, 0.3) is 0 Å². The first kappa shape index (κ1) is 13.9. The van der Waals surface area contributed by atoms with Crippen molar-refractivity contribution in [2.24, 2.45) is 5.10 Å². The maximum atomic E-state index is 11.8. The van der Waals surface area contributed by atoms with Crippen LogP contribution in [0, 0.1) is 11.7 Å². The molecule has 1 N–H and O–H groups in total. The number of benzene rings is 1. The Kier molecular flexibility index (Phi) is 4.14. The summed E-state index contributed by atoms with van der Waals surface area (Å²) in [5.74, 6) is 0. The Labute approximate surface area is 123 Å². The Hall–Kier alpha value is -1.50. The number of aromatic amines is 1. The standard InChI is InChI=1S/C11H8Cl2N4OS/c1-6-10(18)17(11(19)16-15-6)14-5-7-3-2-4-8(12)9(7)13/h2-5H,1H3,(H,16,19)/b14-5+. The largest absolute Gasteiger partial charge is 0.296 e. The van der Waals surface area contributed by atoms with E-state index in [-0.39, 0.29) is 10.5 Å². The lowest BCUT2D eigenvalue weighted by Gasteiger charge is -2.01. The molecule has 0 aliphatic rings. The molecule has 0 atom stereocenters. The van der Waals surface area contributed by atoms with Crippen molar-refractivity contribution < 1.29 is 0 Å². The second-order valence-corrected chi connectivity index (χ2v) is 4.79. The third-order valence-electron chi connectivity index (χ3n) is 2.31. The molecule has 0 saturated carbocycles. The first-order valence-corrected chi connectivity index (χ1v) is 6.34. The van der Waals surface area contributed by atoms with E-state index in [1.54, 1.807) is 25.1 Å². The highest BCUT2D eigenvalue weighted by molar-refractivity contribution is 7.71. The van der Waals surface area contributed by atoms with E-state index in [1.807, 2.05) is 0 Å². The molecular weight excluding hydrogens is 307 g/mol. The van der Waals surface area contributed by atoms with Crippen molar-refractivity contribution in [3.05, 3.63) is 54.6 Å². The van der Waals surface area contributed by atoms with Crippen LogP contribution in [-0.2, 0) is 0 Å². The number of halogens is 2. The average molecular weight is 315 g/mol. The van der Waals surface area contributed by atoms with Gasteiger partial charge in [0.1, 0.15) is 5.69 Å². The Morgan fingerprint density at radius 2 is 2.21 bits per heavy atom. The SMILES string of the molecule is Cc1n[nH]c(=S)n(/N=C/c2cccc(Cl)c2Cl)c1=O. The predicted octanol–water partition coefficient (Wildman–Crippen LogP) is 2.80. The highest BCUT2D eigenvalue weighted by Crippen LogP contribution is 2.24. The van der Waals surface area contributed by atoms with Crippen LogP contribution in [0.5, 0.6) is 0 Å². The molecule has 0 unspecified atom stereocenters. The van der Waals surface area contributed by atoms with Gasteiger partial charge in [-0.2, -0.15) is 14.9 Å². The Morgan fingerprint density at radius 3 is 2.95 bits per heavy atom. The minimum atomic E-state index is -0.391. The van der Waals surface area contributed by atoms with Crippen molar-refractivity contribution in [3.8, 4) is 0 Å². The smallest absolute Gasteiger partial charge is 0.265 e. The number of aromatic nitrogens is 3. The van der Waals surface area contributed by atoms with E-state index in [4.69, 9.17) is 35.4 Å². The summed E-state index contributed by atoms with van der Waals surface area (Å²) in [5.41, 5.74) is 0.464. The topological polar surface area (TPSA) is 63.0 Å². The monoisotopic (exact) mass is 314 g/mol. The minimum Gasteiger partial charge on any atom is -0.265 e. The number of hydrogen-bond acceptors (Lipinski definition) is 4. The zero-order valence-electron chi connectivity index (χ0n) is 9.72.